The van der Waals surface area contributed by atoms with Crippen molar-refractivity contribution in [2.24, 2.45) is 0 Å². The number of anilines is 3. The maximum absolute atomic E-state index is 13.2. The highest BCUT2D eigenvalue weighted by Crippen LogP contribution is 2.27. The third-order valence-electron chi connectivity index (χ3n) is 4.38. The Labute approximate surface area is 156 Å². The van der Waals surface area contributed by atoms with Crippen LogP contribution in [0.2, 0.25) is 0 Å². The van der Waals surface area contributed by atoms with Gasteiger partial charge in [-0.1, -0.05) is 11.3 Å². The van der Waals surface area contributed by atoms with E-state index in [2.05, 4.69) is 31.8 Å². The van der Waals surface area contributed by atoms with Crippen molar-refractivity contribution in [3.05, 3.63) is 48.4 Å². The van der Waals surface area contributed by atoms with Crippen molar-refractivity contribution in [2.75, 3.05) is 41.8 Å². The first-order valence-electron chi connectivity index (χ1n) is 8.70. The second-order valence-corrected chi connectivity index (χ2v) is 6.15. The summed E-state index contributed by atoms with van der Waals surface area (Å²) in [6, 6.07) is 7.60. The van der Waals surface area contributed by atoms with Gasteiger partial charge in [-0.25, -0.2) is 9.67 Å². The van der Waals surface area contributed by atoms with Crippen LogP contribution in [-0.4, -0.2) is 57.6 Å². The van der Waals surface area contributed by atoms with Gasteiger partial charge in [0, 0.05) is 38.6 Å². The SMILES string of the molecule is CCNc1ncc2c(n1)N(C)CCN(c1cccc(-n3c[c]nn3)c1)C2=O. The van der Waals surface area contributed by atoms with Crippen molar-refractivity contribution in [1.29, 1.82) is 0 Å². The van der Waals surface area contributed by atoms with Crippen molar-refractivity contribution in [3.8, 4) is 5.69 Å². The lowest BCUT2D eigenvalue weighted by Crippen LogP contribution is -2.33. The highest BCUT2D eigenvalue weighted by atomic mass is 16.2. The Balaban J connectivity index is 1.71. The molecule has 1 N–H and O–H groups in total. The summed E-state index contributed by atoms with van der Waals surface area (Å²) in [7, 11) is 1.93. The van der Waals surface area contributed by atoms with E-state index in [0.29, 0.717) is 30.4 Å². The zero-order valence-corrected chi connectivity index (χ0v) is 15.1. The van der Waals surface area contributed by atoms with Crippen LogP contribution < -0.4 is 15.1 Å². The largest absolute Gasteiger partial charge is 0.357 e. The minimum Gasteiger partial charge on any atom is -0.357 e. The maximum atomic E-state index is 13.2. The number of hydrogen-bond donors (Lipinski definition) is 1. The number of hydrogen-bond acceptors (Lipinski definition) is 7. The number of aromatic nitrogens is 5. The summed E-state index contributed by atoms with van der Waals surface area (Å²) >= 11 is 0. The fraction of sp³-hybridized carbons (Fsp3) is 0.278. The monoisotopic (exact) mass is 363 g/mol. The summed E-state index contributed by atoms with van der Waals surface area (Å²) in [4.78, 5) is 25.7. The van der Waals surface area contributed by atoms with E-state index in [9.17, 15) is 4.79 Å². The molecular weight excluding hydrogens is 344 g/mol. The molecule has 9 nitrogen and oxygen atoms in total. The van der Waals surface area contributed by atoms with E-state index < -0.39 is 0 Å². The van der Waals surface area contributed by atoms with Crippen LogP contribution in [0.1, 0.15) is 17.3 Å². The predicted octanol–water partition coefficient (Wildman–Crippen LogP) is 1.39. The van der Waals surface area contributed by atoms with Gasteiger partial charge in [0.1, 0.15) is 17.6 Å². The van der Waals surface area contributed by atoms with E-state index in [0.717, 1.165) is 17.9 Å². The number of amides is 1. The number of benzene rings is 1. The summed E-state index contributed by atoms with van der Waals surface area (Å²) in [5.74, 6) is 1.03. The van der Waals surface area contributed by atoms with Crippen LogP contribution in [0.15, 0.2) is 36.7 Å². The second kappa shape index (κ2) is 7.02. The molecule has 1 aromatic carbocycles. The van der Waals surface area contributed by atoms with Gasteiger partial charge in [-0.2, -0.15) is 4.98 Å². The van der Waals surface area contributed by atoms with Crippen LogP contribution in [0.4, 0.5) is 17.5 Å². The Morgan fingerprint density at radius 1 is 1.26 bits per heavy atom. The van der Waals surface area contributed by atoms with Gasteiger partial charge in [0.05, 0.1) is 11.9 Å². The van der Waals surface area contributed by atoms with E-state index in [1.807, 2.05) is 43.1 Å². The van der Waals surface area contributed by atoms with Gasteiger partial charge < -0.3 is 15.1 Å². The average Bonchev–Trinajstić information content (AvgIpc) is 3.19. The van der Waals surface area contributed by atoms with Gasteiger partial charge in [-0.05, 0) is 25.1 Å². The summed E-state index contributed by atoms with van der Waals surface area (Å²) in [5.41, 5.74) is 2.08. The Hall–Kier alpha value is -3.49. The molecule has 4 rings (SSSR count). The Morgan fingerprint density at radius 3 is 2.89 bits per heavy atom. The molecule has 0 unspecified atom stereocenters. The zero-order chi connectivity index (χ0) is 18.8. The first-order valence-corrected chi connectivity index (χ1v) is 8.70. The van der Waals surface area contributed by atoms with E-state index in [4.69, 9.17) is 0 Å². The zero-order valence-electron chi connectivity index (χ0n) is 15.1. The van der Waals surface area contributed by atoms with Gasteiger partial charge in [-0.15, -0.1) is 5.10 Å². The molecule has 0 saturated heterocycles. The standard InChI is InChI=1S/C18H19N8O/c1-3-19-18-20-12-15-16(22-18)24(2)9-10-25(17(15)27)13-5-4-6-14(11-13)26-8-7-21-23-26/h4-6,8,11-12H,3,9-10H2,1-2H3,(H,19,20,22). The van der Waals surface area contributed by atoms with Crippen molar-refractivity contribution in [2.45, 2.75) is 6.92 Å². The molecule has 3 heterocycles. The second-order valence-electron chi connectivity index (χ2n) is 6.15. The molecular formula is C18H19N8O. The number of likely N-dealkylation sites (N-methyl/N-ethyl adjacent to an activating group) is 1. The van der Waals surface area contributed by atoms with Crippen LogP contribution in [-0.2, 0) is 0 Å². The highest BCUT2D eigenvalue weighted by Gasteiger charge is 2.28. The molecule has 0 bridgehead atoms. The molecule has 3 aromatic rings. The molecule has 0 aliphatic carbocycles. The number of nitrogens with one attached hydrogen (secondary N) is 1. The van der Waals surface area contributed by atoms with Crippen LogP contribution in [0.5, 0.6) is 0 Å². The molecule has 2 aromatic heterocycles. The van der Waals surface area contributed by atoms with E-state index in [1.165, 1.54) is 0 Å². The fourth-order valence-corrected chi connectivity index (χ4v) is 3.02. The van der Waals surface area contributed by atoms with Crippen LogP contribution >= 0.6 is 0 Å². The van der Waals surface area contributed by atoms with Crippen LogP contribution in [0, 0.1) is 6.20 Å². The minimum atomic E-state index is -0.125. The lowest BCUT2D eigenvalue weighted by Gasteiger charge is -2.21. The summed E-state index contributed by atoms with van der Waals surface area (Å²) < 4.78 is 1.61. The first-order chi connectivity index (χ1) is 13.2. The van der Waals surface area contributed by atoms with E-state index >= 15 is 0 Å². The molecule has 27 heavy (non-hydrogen) atoms. The summed E-state index contributed by atoms with van der Waals surface area (Å²) in [6.07, 6.45) is 5.90. The van der Waals surface area contributed by atoms with Crippen LogP contribution in [0.25, 0.3) is 5.69 Å². The van der Waals surface area contributed by atoms with Crippen molar-refractivity contribution < 1.29 is 4.79 Å². The minimum absolute atomic E-state index is 0.125. The maximum Gasteiger partial charge on any atom is 0.263 e. The first kappa shape index (κ1) is 17.0. The third-order valence-corrected chi connectivity index (χ3v) is 4.38. The molecule has 0 fully saturated rings. The molecule has 1 aliphatic heterocycles. The number of carbonyl (C=O) groups is 1. The normalized spacial score (nSPS) is 14.1. The number of fused-ring (bicyclic) bond motifs is 1. The lowest BCUT2D eigenvalue weighted by atomic mass is 10.2. The van der Waals surface area contributed by atoms with Gasteiger partial charge in [0.15, 0.2) is 0 Å². The number of rotatable bonds is 4. The Bertz CT molecular complexity index is 956. The van der Waals surface area contributed by atoms with Gasteiger partial charge in [0.25, 0.3) is 5.91 Å². The molecule has 1 aliphatic rings. The summed E-state index contributed by atoms with van der Waals surface area (Å²) in [5, 5.41) is 10.8. The van der Waals surface area contributed by atoms with Crippen molar-refractivity contribution >= 4 is 23.4 Å². The van der Waals surface area contributed by atoms with Gasteiger partial charge >= 0.3 is 0 Å². The van der Waals surface area contributed by atoms with E-state index in [-0.39, 0.29) is 5.91 Å². The molecule has 0 atom stereocenters. The van der Waals surface area contributed by atoms with Gasteiger partial charge in [-0.3, -0.25) is 4.79 Å². The predicted molar refractivity (Wildman–Crippen MR) is 101 cm³/mol. The third kappa shape index (κ3) is 3.19. The molecule has 9 heteroatoms. The molecule has 137 valence electrons. The summed E-state index contributed by atoms with van der Waals surface area (Å²) in [6.45, 7) is 3.89. The Morgan fingerprint density at radius 2 is 2.11 bits per heavy atom. The van der Waals surface area contributed by atoms with Crippen LogP contribution in [0.3, 0.4) is 0 Å². The molecule has 0 spiro atoms. The molecule has 0 saturated carbocycles. The molecule has 1 amide bonds. The highest BCUT2D eigenvalue weighted by molar-refractivity contribution is 6.09. The topological polar surface area (TPSA) is 92.1 Å². The van der Waals surface area contributed by atoms with Crippen molar-refractivity contribution in [1.82, 2.24) is 25.0 Å². The van der Waals surface area contributed by atoms with E-state index in [1.54, 1.807) is 22.0 Å². The number of nitrogens with zero attached hydrogens (tertiary/aromatic N) is 7. The fourth-order valence-electron chi connectivity index (χ4n) is 3.02. The lowest BCUT2D eigenvalue weighted by molar-refractivity contribution is 0.0989. The quantitative estimate of drug-likeness (QED) is 0.749. The Kier molecular flexibility index (Phi) is 4.41. The average molecular weight is 363 g/mol. The van der Waals surface area contributed by atoms with Gasteiger partial charge in [0.2, 0.25) is 5.95 Å². The van der Waals surface area contributed by atoms with Crippen molar-refractivity contribution in [3.63, 3.8) is 0 Å². The number of carbonyl (C=O) groups excluding carboxylic acids is 1. The smallest absolute Gasteiger partial charge is 0.263 e. The molecule has 1 radical (unpaired) electrons.